The Hall–Kier alpha value is -2.73. The lowest BCUT2D eigenvalue weighted by atomic mass is 9.98. The van der Waals surface area contributed by atoms with E-state index in [1.165, 1.54) is 10.5 Å². The molecule has 29 heavy (non-hydrogen) atoms. The Balaban J connectivity index is 1.48. The predicted molar refractivity (Wildman–Crippen MR) is 100 cm³/mol. The number of hydrogen-bond acceptors (Lipinski definition) is 8. The number of imidazole rings is 1. The molecule has 0 saturated carbocycles. The van der Waals surface area contributed by atoms with E-state index < -0.39 is 34.4 Å². The second-order valence-electron chi connectivity index (χ2n) is 6.89. The average Bonchev–Trinajstić information content (AvgIpc) is 3.25. The average molecular weight is 425 g/mol. The fraction of sp³-hybridized carbons (Fsp3) is 0.529. The van der Waals surface area contributed by atoms with Gasteiger partial charge in [0.05, 0.1) is 5.92 Å². The third-order valence-electron chi connectivity index (χ3n) is 4.72. The molecule has 3 heterocycles. The number of anilines is 1. The summed E-state index contributed by atoms with van der Waals surface area (Å²) < 4.78 is 38.2. The normalized spacial score (nSPS) is 16.0. The molecule has 0 aliphatic carbocycles. The maximum absolute atomic E-state index is 12.7. The highest BCUT2D eigenvalue weighted by Gasteiger charge is 2.34. The van der Waals surface area contributed by atoms with Gasteiger partial charge in [-0.25, -0.2) is 13.4 Å². The molecule has 0 radical (unpaired) electrons. The van der Waals surface area contributed by atoms with Gasteiger partial charge in [-0.05, 0) is 26.7 Å². The van der Waals surface area contributed by atoms with Crippen molar-refractivity contribution in [3.63, 3.8) is 0 Å². The van der Waals surface area contributed by atoms with E-state index in [2.05, 4.69) is 15.5 Å². The van der Waals surface area contributed by atoms with Gasteiger partial charge in [-0.2, -0.15) is 4.31 Å². The summed E-state index contributed by atoms with van der Waals surface area (Å²) in [5.74, 6) is -0.138. The molecule has 1 aliphatic heterocycles. The quantitative estimate of drug-likeness (QED) is 0.665. The Morgan fingerprint density at radius 2 is 2.00 bits per heavy atom. The van der Waals surface area contributed by atoms with Crippen LogP contribution in [0.5, 0.6) is 0 Å². The number of rotatable bonds is 6. The predicted octanol–water partition coefficient (Wildman–Crippen LogP) is 0.608. The van der Waals surface area contributed by atoms with E-state index in [0.717, 1.165) is 0 Å². The zero-order valence-corrected chi connectivity index (χ0v) is 17.2. The van der Waals surface area contributed by atoms with Crippen LogP contribution in [-0.2, 0) is 31.4 Å². The largest absolute Gasteiger partial charge is 0.455 e. The lowest BCUT2D eigenvalue weighted by Crippen LogP contribution is -2.41. The third-order valence-corrected chi connectivity index (χ3v) is 6.49. The first-order valence-electron chi connectivity index (χ1n) is 9.06. The summed E-state index contributed by atoms with van der Waals surface area (Å²) in [7, 11) is -1.98. The van der Waals surface area contributed by atoms with E-state index >= 15 is 0 Å². The van der Waals surface area contributed by atoms with Gasteiger partial charge in [0.1, 0.15) is 11.6 Å². The lowest BCUT2D eigenvalue weighted by Gasteiger charge is -2.29. The highest BCUT2D eigenvalue weighted by molar-refractivity contribution is 7.89. The molecule has 0 aromatic carbocycles. The summed E-state index contributed by atoms with van der Waals surface area (Å²) in [4.78, 5) is 28.1. The number of carbonyl (C=O) groups is 2. The Morgan fingerprint density at radius 3 is 2.55 bits per heavy atom. The number of aryl methyl sites for hydroxylation is 3. The van der Waals surface area contributed by atoms with Crippen LogP contribution in [0.25, 0.3) is 0 Å². The van der Waals surface area contributed by atoms with Crippen LogP contribution in [0.1, 0.15) is 24.4 Å². The molecule has 1 aliphatic rings. The molecule has 0 bridgehead atoms. The van der Waals surface area contributed by atoms with E-state index in [9.17, 15) is 18.0 Å². The Morgan fingerprint density at radius 1 is 1.31 bits per heavy atom. The third kappa shape index (κ3) is 4.82. The molecular formula is C17H23N5O6S. The van der Waals surface area contributed by atoms with E-state index in [1.807, 2.05) is 0 Å². The van der Waals surface area contributed by atoms with Gasteiger partial charge in [0, 0.05) is 32.4 Å². The van der Waals surface area contributed by atoms with Crippen molar-refractivity contribution in [2.75, 3.05) is 25.0 Å². The number of sulfonamides is 1. The first-order valence-corrected chi connectivity index (χ1v) is 10.5. The molecule has 1 fully saturated rings. The molecule has 0 unspecified atom stereocenters. The van der Waals surface area contributed by atoms with Crippen molar-refractivity contribution in [2.45, 2.75) is 31.7 Å². The second-order valence-corrected chi connectivity index (χ2v) is 8.78. The topological polar surface area (TPSA) is 137 Å². The van der Waals surface area contributed by atoms with Crippen LogP contribution in [-0.4, -0.2) is 59.0 Å². The van der Waals surface area contributed by atoms with Crippen LogP contribution < -0.4 is 5.32 Å². The molecule has 3 rings (SSSR count). The number of carbonyl (C=O) groups excluding carboxylic acids is 2. The van der Waals surface area contributed by atoms with E-state index in [-0.39, 0.29) is 23.9 Å². The second kappa shape index (κ2) is 8.33. The fourth-order valence-corrected chi connectivity index (χ4v) is 4.47. The number of ether oxygens (including phenoxy) is 1. The Kier molecular flexibility index (Phi) is 6.03. The summed E-state index contributed by atoms with van der Waals surface area (Å²) in [5.41, 5.74) is 0. The molecule has 1 N–H and O–H groups in total. The smallest absolute Gasteiger partial charge is 0.309 e. The molecule has 12 heteroatoms. The van der Waals surface area contributed by atoms with Crippen molar-refractivity contribution >= 4 is 27.7 Å². The standard InChI is InChI=1S/C17H23N5O6S/c1-11-8-14(20-28-11)19-15(23)10-27-17(24)13-4-6-22(7-5-13)29(25,26)16-9-21(3)12(2)18-16/h8-9,13H,4-7,10H2,1-3H3,(H,19,20,23). The van der Waals surface area contributed by atoms with Gasteiger partial charge in [0.25, 0.3) is 15.9 Å². The number of amides is 1. The highest BCUT2D eigenvalue weighted by Crippen LogP contribution is 2.24. The molecule has 0 atom stereocenters. The van der Waals surface area contributed by atoms with E-state index in [1.54, 1.807) is 31.5 Å². The summed E-state index contributed by atoms with van der Waals surface area (Å²) in [6.45, 7) is 3.33. The minimum atomic E-state index is -3.70. The van der Waals surface area contributed by atoms with Crippen molar-refractivity contribution in [3.05, 3.63) is 23.8 Å². The lowest BCUT2D eigenvalue weighted by molar-refractivity contribution is -0.152. The molecule has 1 saturated heterocycles. The summed E-state index contributed by atoms with van der Waals surface area (Å²) in [6, 6.07) is 1.54. The monoisotopic (exact) mass is 425 g/mol. The number of esters is 1. The van der Waals surface area contributed by atoms with Crippen LogP contribution in [0, 0.1) is 19.8 Å². The van der Waals surface area contributed by atoms with E-state index in [0.29, 0.717) is 24.4 Å². The zero-order valence-electron chi connectivity index (χ0n) is 16.4. The maximum Gasteiger partial charge on any atom is 0.309 e. The molecule has 1 amide bonds. The SMILES string of the molecule is Cc1cc(NC(=O)COC(=O)C2CCN(S(=O)(=O)c3cn(C)c(C)n3)CC2)no1. The van der Waals surface area contributed by atoms with Crippen molar-refractivity contribution < 1.29 is 27.3 Å². The fourth-order valence-electron chi connectivity index (χ4n) is 2.97. The van der Waals surface area contributed by atoms with Gasteiger partial charge in [-0.15, -0.1) is 0 Å². The van der Waals surface area contributed by atoms with Crippen LogP contribution in [0.3, 0.4) is 0 Å². The molecule has 0 spiro atoms. The van der Waals surface area contributed by atoms with Gasteiger partial charge in [-0.3, -0.25) is 9.59 Å². The zero-order chi connectivity index (χ0) is 21.2. The van der Waals surface area contributed by atoms with Crippen molar-refractivity contribution in [1.29, 1.82) is 0 Å². The van der Waals surface area contributed by atoms with Crippen LogP contribution in [0.4, 0.5) is 5.82 Å². The minimum Gasteiger partial charge on any atom is -0.455 e. The van der Waals surface area contributed by atoms with Gasteiger partial charge in [0.15, 0.2) is 17.5 Å². The van der Waals surface area contributed by atoms with Crippen LogP contribution in [0.2, 0.25) is 0 Å². The number of nitrogens with one attached hydrogen (secondary N) is 1. The van der Waals surface area contributed by atoms with Gasteiger partial charge >= 0.3 is 5.97 Å². The molecule has 11 nitrogen and oxygen atoms in total. The first-order chi connectivity index (χ1) is 13.7. The number of piperidine rings is 1. The number of nitrogens with zero attached hydrogens (tertiary/aromatic N) is 4. The summed E-state index contributed by atoms with van der Waals surface area (Å²) in [6.07, 6.45) is 2.10. The molecule has 2 aromatic rings. The summed E-state index contributed by atoms with van der Waals surface area (Å²) >= 11 is 0. The summed E-state index contributed by atoms with van der Waals surface area (Å²) in [5, 5.41) is 6.07. The van der Waals surface area contributed by atoms with Crippen molar-refractivity contribution in [2.24, 2.45) is 13.0 Å². The van der Waals surface area contributed by atoms with Crippen LogP contribution >= 0.6 is 0 Å². The minimum absolute atomic E-state index is 0.00158. The number of aromatic nitrogens is 3. The molecule has 2 aromatic heterocycles. The Bertz CT molecular complexity index is 984. The maximum atomic E-state index is 12.7. The van der Waals surface area contributed by atoms with Gasteiger partial charge in [-0.1, -0.05) is 5.16 Å². The molecule has 158 valence electrons. The van der Waals surface area contributed by atoms with Crippen molar-refractivity contribution in [1.82, 2.24) is 19.0 Å². The van der Waals surface area contributed by atoms with E-state index in [4.69, 9.17) is 9.26 Å². The van der Waals surface area contributed by atoms with Gasteiger partial charge in [0.2, 0.25) is 0 Å². The van der Waals surface area contributed by atoms with Crippen molar-refractivity contribution in [3.8, 4) is 0 Å². The Labute approximate surface area is 168 Å². The highest BCUT2D eigenvalue weighted by atomic mass is 32.2. The molecular weight excluding hydrogens is 402 g/mol. The number of hydrogen-bond donors (Lipinski definition) is 1. The van der Waals surface area contributed by atoms with Gasteiger partial charge < -0.3 is 19.1 Å². The van der Waals surface area contributed by atoms with Crippen LogP contribution in [0.15, 0.2) is 21.8 Å². The first kappa shape index (κ1) is 21.0.